The molecule has 4 rings (SSSR count). The maximum absolute atomic E-state index is 13.9. The summed E-state index contributed by atoms with van der Waals surface area (Å²) >= 11 is 0. The van der Waals surface area contributed by atoms with Crippen molar-refractivity contribution in [1.82, 2.24) is 10.6 Å². The largest absolute Gasteiger partial charge is 0.493 e. The van der Waals surface area contributed by atoms with E-state index in [4.69, 9.17) is 15.2 Å². The molecule has 0 heterocycles. The molecule has 2 amide bonds. The first-order chi connectivity index (χ1) is 21.6. The maximum Gasteiger partial charge on any atom is 0.416 e. The van der Waals surface area contributed by atoms with Gasteiger partial charge in [0.05, 0.1) is 25.7 Å². The van der Waals surface area contributed by atoms with Gasteiger partial charge in [0.25, 0.3) is 0 Å². The van der Waals surface area contributed by atoms with Crippen molar-refractivity contribution in [1.29, 1.82) is 0 Å². The lowest BCUT2D eigenvalue weighted by Gasteiger charge is -2.39. The minimum Gasteiger partial charge on any atom is -0.493 e. The predicted octanol–water partition coefficient (Wildman–Crippen LogP) is 5.74. The van der Waals surface area contributed by atoms with Gasteiger partial charge in [-0.3, -0.25) is 14.9 Å². The fourth-order valence-electron chi connectivity index (χ4n) is 5.80. The average molecular weight is 620 g/mol. The molecule has 0 aromatic heterocycles. The van der Waals surface area contributed by atoms with E-state index in [-0.39, 0.29) is 6.54 Å². The van der Waals surface area contributed by atoms with E-state index in [0.29, 0.717) is 34.6 Å². The van der Waals surface area contributed by atoms with Crippen LogP contribution < -0.4 is 25.8 Å². The van der Waals surface area contributed by atoms with E-state index < -0.39 is 40.9 Å². The number of ether oxygens (including phenoxy) is 2. The van der Waals surface area contributed by atoms with Crippen LogP contribution in [-0.4, -0.2) is 39.6 Å². The highest BCUT2D eigenvalue weighted by Crippen LogP contribution is 2.40. The minimum atomic E-state index is -4.48. The smallest absolute Gasteiger partial charge is 0.416 e. The number of likely N-dealkylation sites (N-methyl/N-ethyl adjacent to an activating group) is 1. The molecule has 45 heavy (non-hydrogen) atoms. The number of halogens is 3. The standard InChI is InChI=1S/C35H36F3N3O4/c1-40-33(43)34(26-12-8-5-9-13-26,31(32(39)42)24-10-6-4-7-11-24)41-21-20-28(23-14-17-27(18-15-23)35(36,37)38)25-16-19-29(44-2)30(22-25)45-3/h4-19,22,28,31,41H,20-21H2,1-3H3,(H2,39,42)(H,40,43)/t28-,31?,34-/m0/s1. The molecule has 0 aliphatic carbocycles. The van der Waals surface area contributed by atoms with Gasteiger partial charge >= 0.3 is 6.18 Å². The van der Waals surface area contributed by atoms with Crippen molar-refractivity contribution in [2.24, 2.45) is 5.73 Å². The third-order valence-electron chi connectivity index (χ3n) is 7.95. The van der Waals surface area contributed by atoms with Gasteiger partial charge in [-0.15, -0.1) is 0 Å². The molecule has 236 valence electrons. The second kappa shape index (κ2) is 14.3. The van der Waals surface area contributed by atoms with Gasteiger partial charge in [0.1, 0.15) is 5.54 Å². The number of alkyl halides is 3. The number of hydrogen-bond acceptors (Lipinski definition) is 5. The molecule has 0 radical (unpaired) electrons. The number of methoxy groups -OCH3 is 2. The number of carbonyl (C=O) groups is 2. The summed E-state index contributed by atoms with van der Waals surface area (Å²) in [6, 6.07) is 28.0. The van der Waals surface area contributed by atoms with Crippen molar-refractivity contribution in [2.75, 3.05) is 27.8 Å². The lowest BCUT2D eigenvalue weighted by atomic mass is 9.72. The first-order valence-corrected chi connectivity index (χ1v) is 14.3. The third kappa shape index (κ3) is 7.12. The molecule has 4 aromatic rings. The zero-order valence-corrected chi connectivity index (χ0v) is 25.2. The molecule has 10 heteroatoms. The maximum atomic E-state index is 13.9. The first kappa shape index (κ1) is 33.1. The molecule has 0 aliphatic rings. The van der Waals surface area contributed by atoms with Crippen LogP contribution in [0.3, 0.4) is 0 Å². The van der Waals surface area contributed by atoms with Crippen LogP contribution in [0, 0.1) is 0 Å². The van der Waals surface area contributed by atoms with E-state index in [2.05, 4.69) is 10.6 Å². The fourth-order valence-corrected chi connectivity index (χ4v) is 5.80. The van der Waals surface area contributed by atoms with Crippen molar-refractivity contribution >= 4 is 11.8 Å². The van der Waals surface area contributed by atoms with Gasteiger partial charge in [0, 0.05) is 13.0 Å². The van der Waals surface area contributed by atoms with Crippen molar-refractivity contribution < 1.29 is 32.2 Å². The number of amides is 2. The molecule has 7 nitrogen and oxygen atoms in total. The van der Waals surface area contributed by atoms with Gasteiger partial charge in [-0.2, -0.15) is 13.2 Å². The Balaban J connectivity index is 1.80. The lowest BCUT2D eigenvalue weighted by Crippen LogP contribution is -2.60. The molecule has 1 unspecified atom stereocenters. The van der Waals surface area contributed by atoms with Crippen LogP contribution in [0.1, 0.15) is 46.1 Å². The Kier molecular flexibility index (Phi) is 10.5. The van der Waals surface area contributed by atoms with Gasteiger partial charge < -0.3 is 20.5 Å². The summed E-state index contributed by atoms with van der Waals surface area (Å²) in [7, 11) is 4.50. The number of hydrogen-bond donors (Lipinski definition) is 3. The van der Waals surface area contributed by atoms with Crippen molar-refractivity contribution in [3.8, 4) is 11.5 Å². The van der Waals surface area contributed by atoms with Crippen molar-refractivity contribution in [3.05, 3.63) is 131 Å². The molecule has 0 saturated heterocycles. The van der Waals surface area contributed by atoms with E-state index >= 15 is 0 Å². The Morgan fingerprint density at radius 2 is 1.33 bits per heavy atom. The second-order valence-electron chi connectivity index (χ2n) is 10.5. The van der Waals surface area contributed by atoms with Gasteiger partial charge in [-0.05, 0) is 59.5 Å². The Morgan fingerprint density at radius 1 is 0.756 bits per heavy atom. The number of primary amides is 1. The quantitative estimate of drug-likeness (QED) is 0.177. The number of carbonyl (C=O) groups excluding carboxylic acids is 2. The lowest BCUT2D eigenvalue weighted by molar-refractivity contribution is -0.137. The van der Waals surface area contributed by atoms with E-state index in [0.717, 1.165) is 17.7 Å². The summed E-state index contributed by atoms with van der Waals surface area (Å²) in [6.45, 7) is 0.166. The fraction of sp³-hybridized carbons (Fsp3) is 0.257. The predicted molar refractivity (Wildman–Crippen MR) is 166 cm³/mol. The zero-order valence-electron chi connectivity index (χ0n) is 25.2. The molecule has 0 spiro atoms. The van der Waals surface area contributed by atoms with E-state index in [1.165, 1.54) is 33.4 Å². The molecule has 4 aromatic carbocycles. The summed E-state index contributed by atoms with van der Waals surface area (Å²) in [5, 5.41) is 6.10. The highest BCUT2D eigenvalue weighted by Gasteiger charge is 2.50. The van der Waals surface area contributed by atoms with Gasteiger partial charge in [-0.25, -0.2) is 0 Å². The van der Waals surface area contributed by atoms with Crippen LogP contribution in [0.15, 0.2) is 103 Å². The number of benzene rings is 4. The Morgan fingerprint density at radius 3 is 1.87 bits per heavy atom. The Bertz CT molecular complexity index is 1580. The molecule has 0 bridgehead atoms. The van der Waals surface area contributed by atoms with Crippen LogP contribution >= 0.6 is 0 Å². The number of nitrogens with two attached hydrogens (primary N) is 1. The summed E-state index contributed by atoms with van der Waals surface area (Å²) in [5.41, 5.74) is 6.10. The van der Waals surface area contributed by atoms with Gasteiger partial charge in [-0.1, -0.05) is 78.9 Å². The monoisotopic (exact) mass is 619 g/mol. The molecule has 3 atom stereocenters. The summed E-state index contributed by atoms with van der Waals surface area (Å²) < 4.78 is 51.1. The van der Waals surface area contributed by atoms with Crippen LogP contribution in [0.4, 0.5) is 13.2 Å². The molecule has 0 saturated carbocycles. The van der Waals surface area contributed by atoms with Crippen LogP contribution in [0.25, 0.3) is 0 Å². The minimum absolute atomic E-state index is 0.166. The van der Waals surface area contributed by atoms with Crippen molar-refractivity contribution in [3.63, 3.8) is 0 Å². The Hall–Kier alpha value is -4.83. The summed E-state index contributed by atoms with van der Waals surface area (Å²) in [6.07, 6.45) is -4.16. The van der Waals surface area contributed by atoms with Crippen LogP contribution in [0.2, 0.25) is 0 Å². The summed E-state index contributed by atoms with van der Waals surface area (Å²) in [5.74, 6) is -1.76. The normalized spacial score (nSPS) is 14.1. The van der Waals surface area contributed by atoms with E-state index in [1.54, 1.807) is 72.8 Å². The molecule has 0 aliphatic heterocycles. The number of rotatable bonds is 13. The second-order valence-corrected chi connectivity index (χ2v) is 10.5. The highest BCUT2D eigenvalue weighted by atomic mass is 19.4. The first-order valence-electron chi connectivity index (χ1n) is 14.3. The van der Waals surface area contributed by atoms with E-state index in [1.807, 2.05) is 6.07 Å². The van der Waals surface area contributed by atoms with Crippen LogP contribution in [-0.2, 0) is 21.3 Å². The van der Waals surface area contributed by atoms with Gasteiger partial charge in [0.15, 0.2) is 11.5 Å². The Labute approximate surface area is 260 Å². The molecular weight excluding hydrogens is 583 g/mol. The molecular formula is C35H36F3N3O4. The van der Waals surface area contributed by atoms with Crippen molar-refractivity contribution in [2.45, 2.75) is 30.0 Å². The van der Waals surface area contributed by atoms with E-state index in [9.17, 15) is 22.8 Å². The average Bonchev–Trinajstić information content (AvgIpc) is 3.05. The third-order valence-corrected chi connectivity index (χ3v) is 7.95. The van der Waals surface area contributed by atoms with Gasteiger partial charge in [0.2, 0.25) is 11.8 Å². The number of nitrogens with one attached hydrogen (secondary N) is 2. The zero-order chi connectivity index (χ0) is 32.6. The summed E-state index contributed by atoms with van der Waals surface area (Å²) in [4.78, 5) is 27.1. The van der Waals surface area contributed by atoms with Crippen LogP contribution in [0.5, 0.6) is 11.5 Å². The topological polar surface area (TPSA) is 103 Å². The molecule has 0 fully saturated rings. The SMILES string of the molecule is CNC(=O)[C@](NCC[C@@H](c1ccc(C(F)(F)F)cc1)c1ccc(OC)c(OC)c1)(c1ccccc1)C(C(N)=O)c1ccccc1. The highest BCUT2D eigenvalue weighted by molar-refractivity contribution is 5.97. The molecule has 4 N–H and O–H groups in total.